The minimum atomic E-state index is -0.473. The molecule has 7 nitrogen and oxygen atoms in total. The summed E-state index contributed by atoms with van der Waals surface area (Å²) in [6.45, 7) is 2.16. The molecule has 0 aliphatic heterocycles. The summed E-state index contributed by atoms with van der Waals surface area (Å²) in [5.74, 6) is 0.239. The number of halogens is 1. The summed E-state index contributed by atoms with van der Waals surface area (Å²) >= 11 is 7.30. The van der Waals surface area contributed by atoms with E-state index in [0.29, 0.717) is 39.1 Å². The molecule has 0 spiro atoms. The quantitative estimate of drug-likeness (QED) is 0.344. The van der Waals surface area contributed by atoms with Crippen LogP contribution in [-0.2, 0) is 11.3 Å². The largest absolute Gasteiger partial charge is 0.325 e. The zero-order valence-corrected chi connectivity index (χ0v) is 19.8. The number of thioether (sulfide) groups is 1. The lowest BCUT2D eigenvalue weighted by atomic mass is 10.2. The van der Waals surface area contributed by atoms with Crippen molar-refractivity contribution >= 4 is 51.6 Å². The first kappa shape index (κ1) is 22.2. The average molecular weight is 490 g/mol. The molecular formula is C25H20ClN5O2S. The number of benzene rings is 3. The van der Waals surface area contributed by atoms with Gasteiger partial charge >= 0.3 is 0 Å². The molecule has 0 fully saturated rings. The molecule has 1 unspecified atom stereocenters. The molecule has 0 aliphatic rings. The molecule has 1 atom stereocenters. The second-order valence-corrected chi connectivity index (χ2v) is 9.52. The Morgan fingerprint density at radius 3 is 2.59 bits per heavy atom. The van der Waals surface area contributed by atoms with E-state index in [4.69, 9.17) is 11.6 Å². The second kappa shape index (κ2) is 9.32. The van der Waals surface area contributed by atoms with E-state index < -0.39 is 5.25 Å². The van der Waals surface area contributed by atoms with Gasteiger partial charge in [0.05, 0.1) is 22.7 Å². The standard InChI is InChI=1S/C25H20ClN5O2S/c1-16(22(32)27-19-11-7-10-18(26)14-19)34-25-29-28-24-30(15-17-8-3-2-4-9-17)23(33)20-12-5-6-13-21(20)31(24)25/h2-14,16H,15H2,1H3,(H,27,32). The van der Waals surface area contributed by atoms with Gasteiger partial charge in [0, 0.05) is 10.7 Å². The van der Waals surface area contributed by atoms with Crippen LogP contribution in [-0.4, -0.2) is 30.3 Å². The molecule has 0 aliphatic carbocycles. The van der Waals surface area contributed by atoms with Gasteiger partial charge in [-0.1, -0.05) is 71.9 Å². The normalized spacial score (nSPS) is 12.2. The number of nitrogens with one attached hydrogen (secondary N) is 1. The van der Waals surface area contributed by atoms with Crippen molar-refractivity contribution in [3.05, 3.63) is 99.8 Å². The third-order valence-electron chi connectivity index (χ3n) is 5.41. The number of carbonyl (C=O) groups is 1. The first-order valence-corrected chi connectivity index (χ1v) is 11.9. The van der Waals surface area contributed by atoms with Crippen molar-refractivity contribution in [2.24, 2.45) is 0 Å². The first-order chi connectivity index (χ1) is 16.5. The number of rotatable bonds is 6. The molecule has 0 saturated heterocycles. The van der Waals surface area contributed by atoms with Crippen LogP contribution in [0, 0.1) is 0 Å². The van der Waals surface area contributed by atoms with Crippen molar-refractivity contribution in [1.82, 2.24) is 19.2 Å². The lowest BCUT2D eigenvalue weighted by molar-refractivity contribution is -0.115. The Balaban J connectivity index is 1.53. The van der Waals surface area contributed by atoms with Crippen LogP contribution in [0.2, 0.25) is 5.02 Å². The molecule has 5 aromatic rings. The molecule has 0 bridgehead atoms. The molecule has 0 saturated carbocycles. The fourth-order valence-corrected chi connectivity index (χ4v) is 4.79. The number of para-hydroxylation sites is 1. The van der Waals surface area contributed by atoms with Crippen LogP contribution in [0.15, 0.2) is 88.8 Å². The van der Waals surface area contributed by atoms with E-state index in [1.54, 1.807) is 41.8 Å². The Morgan fingerprint density at radius 1 is 1.03 bits per heavy atom. The SMILES string of the molecule is CC(Sc1nnc2n(Cc3ccccc3)c(=O)c3ccccc3n12)C(=O)Nc1cccc(Cl)c1. The van der Waals surface area contributed by atoms with E-state index in [0.717, 1.165) is 5.56 Å². The van der Waals surface area contributed by atoms with Gasteiger partial charge in [-0.15, -0.1) is 10.2 Å². The Hall–Kier alpha value is -3.62. The third-order valence-corrected chi connectivity index (χ3v) is 6.68. The highest BCUT2D eigenvalue weighted by atomic mass is 35.5. The Bertz CT molecular complexity index is 1560. The van der Waals surface area contributed by atoms with Crippen LogP contribution in [0.1, 0.15) is 12.5 Å². The Labute approximate surface area is 204 Å². The topological polar surface area (TPSA) is 81.3 Å². The van der Waals surface area contributed by atoms with Gasteiger partial charge in [-0.05, 0) is 42.8 Å². The van der Waals surface area contributed by atoms with Crippen molar-refractivity contribution in [2.75, 3.05) is 5.32 Å². The molecule has 34 heavy (non-hydrogen) atoms. The molecular weight excluding hydrogens is 470 g/mol. The molecule has 9 heteroatoms. The summed E-state index contributed by atoms with van der Waals surface area (Å²) in [5, 5.41) is 12.7. The van der Waals surface area contributed by atoms with Crippen LogP contribution in [0.4, 0.5) is 5.69 Å². The third kappa shape index (κ3) is 4.30. The van der Waals surface area contributed by atoms with Crippen molar-refractivity contribution in [2.45, 2.75) is 23.9 Å². The molecule has 2 aromatic heterocycles. The highest BCUT2D eigenvalue weighted by molar-refractivity contribution is 8.00. The highest BCUT2D eigenvalue weighted by Crippen LogP contribution is 2.26. The van der Waals surface area contributed by atoms with Gasteiger partial charge < -0.3 is 5.32 Å². The minimum absolute atomic E-state index is 0.136. The Kier molecular flexibility index (Phi) is 6.08. The summed E-state index contributed by atoms with van der Waals surface area (Å²) in [7, 11) is 0. The lowest BCUT2D eigenvalue weighted by Crippen LogP contribution is -2.24. The van der Waals surface area contributed by atoms with Crippen molar-refractivity contribution in [1.29, 1.82) is 0 Å². The van der Waals surface area contributed by atoms with Crippen molar-refractivity contribution < 1.29 is 4.79 Å². The van der Waals surface area contributed by atoms with E-state index in [-0.39, 0.29) is 11.5 Å². The summed E-state index contributed by atoms with van der Waals surface area (Å²) in [6, 6.07) is 24.1. The van der Waals surface area contributed by atoms with E-state index in [9.17, 15) is 9.59 Å². The fourth-order valence-electron chi connectivity index (χ4n) is 3.74. The van der Waals surface area contributed by atoms with E-state index >= 15 is 0 Å². The van der Waals surface area contributed by atoms with E-state index in [1.165, 1.54) is 11.8 Å². The van der Waals surface area contributed by atoms with Crippen LogP contribution in [0.3, 0.4) is 0 Å². The summed E-state index contributed by atoms with van der Waals surface area (Å²) < 4.78 is 3.46. The molecule has 5 rings (SSSR count). The number of amides is 1. The molecule has 0 radical (unpaired) electrons. The zero-order chi connectivity index (χ0) is 23.7. The van der Waals surface area contributed by atoms with Crippen LogP contribution in [0.5, 0.6) is 0 Å². The van der Waals surface area contributed by atoms with Crippen molar-refractivity contribution in [3.63, 3.8) is 0 Å². The molecule has 1 N–H and O–H groups in total. The van der Waals surface area contributed by atoms with E-state index in [1.807, 2.05) is 52.9 Å². The average Bonchev–Trinajstić information content (AvgIpc) is 3.26. The number of hydrogen-bond donors (Lipinski definition) is 1. The van der Waals surface area contributed by atoms with Gasteiger partial charge in [0.25, 0.3) is 5.56 Å². The predicted octanol–water partition coefficient (Wildman–Crippen LogP) is 4.87. The smallest absolute Gasteiger partial charge is 0.263 e. The number of anilines is 1. The predicted molar refractivity (Wildman–Crippen MR) is 136 cm³/mol. The van der Waals surface area contributed by atoms with Gasteiger partial charge in [-0.2, -0.15) is 0 Å². The van der Waals surface area contributed by atoms with Crippen molar-refractivity contribution in [3.8, 4) is 0 Å². The highest BCUT2D eigenvalue weighted by Gasteiger charge is 2.22. The molecule has 170 valence electrons. The maximum atomic E-state index is 13.3. The number of fused-ring (bicyclic) bond motifs is 3. The number of nitrogens with zero attached hydrogens (tertiary/aromatic N) is 4. The number of carbonyl (C=O) groups excluding carboxylic acids is 1. The van der Waals surface area contributed by atoms with Gasteiger partial charge in [-0.25, -0.2) is 0 Å². The molecule has 3 aromatic carbocycles. The second-order valence-electron chi connectivity index (χ2n) is 7.77. The minimum Gasteiger partial charge on any atom is -0.325 e. The maximum Gasteiger partial charge on any atom is 0.263 e. The van der Waals surface area contributed by atoms with Crippen LogP contribution in [0.25, 0.3) is 16.7 Å². The van der Waals surface area contributed by atoms with Gasteiger partial charge in [0.1, 0.15) is 0 Å². The van der Waals surface area contributed by atoms with Gasteiger partial charge in [-0.3, -0.25) is 18.6 Å². The summed E-state index contributed by atoms with van der Waals surface area (Å²) in [4.78, 5) is 26.1. The summed E-state index contributed by atoms with van der Waals surface area (Å²) in [6.07, 6.45) is 0. The van der Waals surface area contributed by atoms with Crippen LogP contribution < -0.4 is 10.9 Å². The molecule has 1 amide bonds. The summed E-state index contributed by atoms with van der Waals surface area (Å²) in [5.41, 5.74) is 2.16. The fraction of sp³-hybridized carbons (Fsp3) is 0.120. The molecule has 2 heterocycles. The van der Waals surface area contributed by atoms with E-state index in [2.05, 4.69) is 15.5 Å². The monoisotopic (exact) mass is 489 g/mol. The lowest BCUT2D eigenvalue weighted by Gasteiger charge is -2.13. The van der Waals surface area contributed by atoms with Gasteiger partial charge in [0.15, 0.2) is 5.16 Å². The Morgan fingerprint density at radius 2 is 1.79 bits per heavy atom. The zero-order valence-electron chi connectivity index (χ0n) is 18.2. The van der Waals surface area contributed by atoms with Crippen LogP contribution >= 0.6 is 23.4 Å². The first-order valence-electron chi connectivity index (χ1n) is 10.6. The van der Waals surface area contributed by atoms with Gasteiger partial charge in [0.2, 0.25) is 11.7 Å². The number of aromatic nitrogens is 4. The maximum absolute atomic E-state index is 13.3. The number of hydrogen-bond acceptors (Lipinski definition) is 5.